The van der Waals surface area contributed by atoms with Crippen molar-refractivity contribution >= 4 is 11.6 Å². The van der Waals surface area contributed by atoms with Crippen molar-refractivity contribution < 1.29 is 0 Å². The Morgan fingerprint density at radius 2 is 1.85 bits per heavy atom. The standard InChI is InChI=1S/C17H23ClN2/c1-16(2,3)13-20-10-8-17(12-19,9-11-20)14-6-4-5-7-15(14)18/h4-7H,8-11,13H2,1-3H3. The van der Waals surface area contributed by atoms with Crippen molar-refractivity contribution in [3.63, 3.8) is 0 Å². The Balaban J connectivity index is 2.14. The number of hydrogen-bond acceptors (Lipinski definition) is 2. The zero-order valence-corrected chi connectivity index (χ0v) is 13.4. The Bertz CT molecular complexity index is 502. The minimum absolute atomic E-state index is 0.303. The molecule has 1 aromatic rings. The van der Waals surface area contributed by atoms with Crippen LogP contribution in [0.4, 0.5) is 0 Å². The minimum Gasteiger partial charge on any atom is -0.303 e. The third kappa shape index (κ3) is 3.34. The van der Waals surface area contributed by atoms with Crippen LogP contribution in [-0.4, -0.2) is 24.5 Å². The van der Waals surface area contributed by atoms with E-state index in [9.17, 15) is 5.26 Å². The molecule has 2 rings (SSSR count). The van der Waals surface area contributed by atoms with Gasteiger partial charge in [0.15, 0.2) is 0 Å². The summed E-state index contributed by atoms with van der Waals surface area (Å²) < 4.78 is 0. The van der Waals surface area contributed by atoms with Crippen LogP contribution in [0, 0.1) is 16.7 Å². The van der Waals surface area contributed by atoms with E-state index in [-0.39, 0.29) is 0 Å². The first kappa shape index (κ1) is 15.4. The lowest BCUT2D eigenvalue weighted by Gasteiger charge is -2.40. The summed E-state index contributed by atoms with van der Waals surface area (Å²) in [5, 5.41) is 10.4. The molecule has 3 heteroatoms. The molecule has 1 heterocycles. The average molecular weight is 291 g/mol. The summed E-state index contributed by atoms with van der Waals surface area (Å²) in [5.74, 6) is 0. The summed E-state index contributed by atoms with van der Waals surface area (Å²) >= 11 is 6.30. The Morgan fingerprint density at radius 1 is 1.25 bits per heavy atom. The zero-order valence-electron chi connectivity index (χ0n) is 12.6. The highest BCUT2D eigenvalue weighted by Crippen LogP contribution is 2.39. The van der Waals surface area contributed by atoms with Gasteiger partial charge in [0.05, 0.1) is 11.5 Å². The molecule has 0 unspecified atom stereocenters. The Labute approximate surface area is 127 Å². The Hall–Kier alpha value is -1.04. The zero-order chi connectivity index (χ0) is 14.8. The number of nitrogens with zero attached hydrogens (tertiary/aromatic N) is 2. The predicted molar refractivity (Wildman–Crippen MR) is 83.9 cm³/mol. The predicted octanol–water partition coefficient (Wildman–Crippen LogP) is 4.24. The number of rotatable bonds is 2. The smallest absolute Gasteiger partial charge is 0.0861 e. The van der Waals surface area contributed by atoms with Crippen molar-refractivity contribution in [2.24, 2.45) is 5.41 Å². The van der Waals surface area contributed by atoms with E-state index < -0.39 is 5.41 Å². The van der Waals surface area contributed by atoms with Crippen molar-refractivity contribution in [3.05, 3.63) is 34.9 Å². The van der Waals surface area contributed by atoms with Gasteiger partial charge in [-0.15, -0.1) is 0 Å². The van der Waals surface area contributed by atoms with Gasteiger partial charge in [-0.25, -0.2) is 0 Å². The maximum Gasteiger partial charge on any atom is 0.0861 e. The molecular weight excluding hydrogens is 268 g/mol. The number of halogens is 1. The van der Waals surface area contributed by atoms with E-state index in [1.54, 1.807) is 0 Å². The summed E-state index contributed by atoms with van der Waals surface area (Å²) in [7, 11) is 0. The van der Waals surface area contributed by atoms with Gasteiger partial charge >= 0.3 is 0 Å². The van der Waals surface area contributed by atoms with Crippen LogP contribution in [-0.2, 0) is 5.41 Å². The minimum atomic E-state index is -0.410. The van der Waals surface area contributed by atoms with Crippen molar-refractivity contribution in [3.8, 4) is 6.07 Å². The molecule has 0 bridgehead atoms. The highest BCUT2D eigenvalue weighted by Gasteiger charge is 2.38. The van der Waals surface area contributed by atoms with Gasteiger partial charge in [-0.05, 0) is 29.9 Å². The fourth-order valence-corrected chi connectivity index (χ4v) is 3.37. The van der Waals surface area contributed by atoms with Crippen molar-refractivity contribution in [1.29, 1.82) is 5.26 Å². The number of nitriles is 1. The SMILES string of the molecule is CC(C)(C)CN1CCC(C#N)(c2ccccc2Cl)CC1. The van der Waals surface area contributed by atoms with Gasteiger partial charge in [0.2, 0.25) is 0 Å². The highest BCUT2D eigenvalue weighted by molar-refractivity contribution is 6.31. The quantitative estimate of drug-likeness (QED) is 0.814. The average Bonchev–Trinajstić information content (AvgIpc) is 2.39. The lowest BCUT2D eigenvalue weighted by Crippen LogP contribution is -2.44. The molecule has 0 spiro atoms. The summed E-state index contributed by atoms with van der Waals surface area (Å²) in [4.78, 5) is 2.46. The number of hydrogen-bond donors (Lipinski definition) is 0. The van der Waals surface area contributed by atoms with E-state index in [1.165, 1.54) is 0 Å². The third-order valence-corrected chi connectivity index (χ3v) is 4.34. The molecule has 0 aromatic heterocycles. The second-order valence-electron chi connectivity index (χ2n) is 7.01. The molecule has 0 N–H and O–H groups in total. The second kappa shape index (κ2) is 5.76. The summed E-state index contributed by atoms with van der Waals surface area (Å²) in [5.41, 5.74) is 0.892. The van der Waals surface area contributed by atoms with E-state index in [0.29, 0.717) is 5.41 Å². The molecule has 1 saturated heterocycles. The van der Waals surface area contributed by atoms with E-state index in [0.717, 1.165) is 43.1 Å². The first-order valence-electron chi connectivity index (χ1n) is 7.25. The number of benzene rings is 1. The van der Waals surface area contributed by atoms with Crippen LogP contribution in [0.1, 0.15) is 39.2 Å². The van der Waals surface area contributed by atoms with Crippen LogP contribution >= 0.6 is 11.6 Å². The molecule has 1 aliphatic rings. The maximum atomic E-state index is 9.71. The van der Waals surface area contributed by atoms with Crippen LogP contribution in [0.15, 0.2) is 24.3 Å². The molecule has 0 atom stereocenters. The molecule has 108 valence electrons. The summed E-state index contributed by atoms with van der Waals surface area (Å²) in [6.07, 6.45) is 1.73. The first-order chi connectivity index (χ1) is 9.36. The summed E-state index contributed by atoms with van der Waals surface area (Å²) in [6.45, 7) is 9.79. The topological polar surface area (TPSA) is 27.0 Å². The molecular formula is C17H23ClN2. The van der Waals surface area contributed by atoms with Crippen molar-refractivity contribution in [2.45, 2.75) is 39.0 Å². The van der Waals surface area contributed by atoms with Gasteiger partial charge in [-0.3, -0.25) is 0 Å². The van der Waals surface area contributed by atoms with Crippen molar-refractivity contribution in [2.75, 3.05) is 19.6 Å². The maximum absolute atomic E-state index is 9.71. The second-order valence-corrected chi connectivity index (χ2v) is 7.42. The van der Waals surface area contributed by atoms with Gasteiger partial charge in [0.25, 0.3) is 0 Å². The summed E-state index contributed by atoms with van der Waals surface area (Å²) in [6, 6.07) is 10.3. The molecule has 0 saturated carbocycles. The molecule has 1 fully saturated rings. The monoisotopic (exact) mass is 290 g/mol. The van der Waals surface area contributed by atoms with Crippen LogP contribution < -0.4 is 0 Å². The van der Waals surface area contributed by atoms with E-state index in [2.05, 4.69) is 31.7 Å². The normalized spacial score (nSPS) is 19.6. The Kier molecular flexibility index (Phi) is 4.42. The van der Waals surface area contributed by atoms with Crippen LogP contribution in [0.2, 0.25) is 5.02 Å². The van der Waals surface area contributed by atoms with E-state index >= 15 is 0 Å². The molecule has 2 nitrogen and oxygen atoms in total. The van der Waals surface area contributed by atoms with Gasteiger partial charge in [0.1, 0.15) is 0 Å². The van der Waals surface area contributed by atoms with Gasteiger partial charge < -0.3 is 4.90 Å². The third-order valence-electron chi connectivity index (χ3n) is 4.01. The van der Waals surface area contributed by atoms with Gasteiger partial charge in [-0.1, -0.05) is 50.6 Å². The van der Waals surface area contributed by atoms with Crippen LogP contribution in [0.25, 0.3) is 0 Å². The Morgan fingerprint density at radius 3 is 2.35 bits per heavy atom. The highest BCUT2D eigenvalue weighted by atomic mass is 35.5. The van der Waals surface area contributed by atoms with Gasteiger partial charge in [-0.2, -0.15) is 5.26 Å². The van der Waals surface area contributed by atoms with E-state index in [4.69, 9.17) is 11.6 Å². The molecule has 20 heavy (non-hydrogen) atoms. The van der Waals surface area contributed by atoms with Crippen LogP contribution in [0.5, 0.6) is 0 Å². The molecule has 0 aliphatic carbocycles. The first-order valence-corrected chi connectivity index (χ1v) is 7.63. The number of likely N-dealkylation sites (tertiary alicyclic amines) is 1. The largest absolute Gasteiger partial charge is 0.303 e. The fourth-order valence-electron chi connectivity index (χ4n) is 3.05. The fraction of sp³-hybridized carbons (Fsp3) is 0.588. The van der Waals surface area contributed by atoms with Gasteiger partial charge in [0, 0.05) is 24.7 Å². The lowest BCUT2D eigenvalue weighted by atomic mass is 9.73. The number of piperidine rings is 1. The van der Waals surface area contributed by atoms with Crippen molar-refractivity contribution in [1.82, 2.24) is 4.90 Å². The molecule has 0 radical (unpaired) electrons. The van der Waals surface area contributed by atoms with E-state index in [1.807, 2.05) is 24.3 Å². The lowest BCUT2D eigenvalue weighted by molar-refractivity contribution is 0.137. The molecule has 0 amide bonds. The van der Waals surface area contributed by atoms with Crippen LogP contribution in [0.3, 0.4) is 0 Å². The molecule has 1 aliphatic heterocycles. The molecule has 1 aromatic carbocycles.